The van der Waals surface area contributed by atoms with E-state index in [1.165, 1.54) is 34.6 Å². The molecular formula is C38H67N11O14. The van der Waals surface area contributed by atoms with Crippen LogP contribution in [0, 0.1) is 17.8 Å². The molecule has 0 saturated heterocycles. The van der Waals surface area contributed by atoms with E-state index in [-0.39, 0.29) is 31.6 Å². The van der Waals surface area contributed by atoms with Crippen molar-refractivity contribution in [1.82, 2.24) is 42.5 Å². The van der Waals surface area contributed by atoms with Crippen molar-refractivity contribution in [1.29, 1.82) is 0 Å². The van der Waals surface area contributed by atoms with Crippen LogP contribution in [-0.4, -0.2) is 148 Å². The van der Waals surface area contributed by atoms with Crippen LogP contribution in [0.5, 0.6) is 0 Å². The van der Waals surface area contributed by atoms with E-state index in [0.717, 1.165) is 6.92 Å². The van der Waals surface area contributed by atoms with Crippen LogP contribution in [0.3, 0.4) is 0 Å². The number of carbonyl (C=O) groups is 11. The van der Waals surface area contributed by atoms with Gasteiger partial charge in [-0.1, -0.05) is 41.5 Å². The highest BCUT2D eigenvalue weighted by Gasteiger charge is 2.35. The highest BCUT2D eigenvalue weighted by molar-refractivity contribution is 5.98. The van der Waals surface area contributed by atoms with Gasteiger partial charge >= 0.3 is 5.97 Å². The van der Waals surface area contributed by atoms with Gasteiger partial charge < -0.3 is 75.1 Å². The minimum atomic E-state index is -1.70. The Morgan fingerprint density at radius 1 is 0.524 bits per heavy atom. The van der Waals surface area contributed by atoms with Crippen LogP contribution in [0.15, 0.2) is 0 Å². The van der Waals surface area contributed by atoms with Crippen LogP contribution < -0.4 is 59.7 Å². The van der Waals surface area contributed by atoms with Gasteiger partial charge in [-0.3, -0.25) is 52.7 Å². The SMILES string of the molecule is CC(C)C[C@H](NC(=O)[C@H](CCC(N)=O)NC(=O)[C@H](CO)NC(=O)[C@@H](NC(=O)CNC(=O)[C@@H](NC(=O)[C@@H](NC(=O)[C@H](CCC(=O)O)NC(=O)[C@@H](C)N)[C@@H](C)O)C(C)C)C(C)C)C(N)=O. The second-order valence-electron chi connectivity index (χ2n) is 16.1. The molecule has 0 fully saturated rings. The molecule has 25 heteroatoms. The summed E-state index contributed by atoms with van der Waals surface area (Å²) in [6, 6.07) is -11.2. The highest BCUT2D eigenvalue weighted by Crippen LogP contribution is 2.09. The van der Waals surface area contributed by atoms with Crippen molar-refractivity contribution >= 4 is 65.0 Å². The maximum Gasteiger partial charge on any atom is 0.303 e. The lowest BCUT2D eigenvalue weighted by Gasteiger charge is -2.28. The number of rotatable bonds is 29. The van der Waals surface area contributed by atoms with Gasteiger partial charge in [-0.25, -0.2) is 0 Å². The zero-order valence-corrected chi connectivity index (χ0v) is 36.9. The molecule has 0 aliphatic heterocycles. The van der Waals surface area contributed by atoms with E-state index in [1.807, 2.05) is 0 Å². The Morgan fingerprint density at radius 2 is 0.952 bits per heavy atom. The summed E-state index contributed by atoms with van der Waals surface area (Å²) in [7, 11) is 0. The minimum Gasteiger partial charge on any atom is -0.481 e. The van der Waals surface area contributed by atoms with E-state index in [4.69, 9.17) is 22.3 Å². The molecule has 17 N–H and O–H groups in total. The van der Waals surface area contributed by atoms with E-state index < -0.39 is 151 Å². The molecule has 0 saturated carbocycles. The topological polar surface area (TPSA) is 423 Å². The maximum absolute atomic E-state index is 13.3. The molecule has 0 aromatic carbocycles. The number of hydrogen-bond acceptors (Lipinski definition) is 14. The fourth-order valence-electron chi connectivity index (χ4n) is 5.59. The molecule has 10 amide bonds. The number of primary amides is 2. The summed E-state index contributed by atoms with van der Waals surface area (Å²) in [4.78, 5) is 139. The van der Waals surface area contributed by atoms with E-state index in [2.05, 4.69) is 42.5 Å². The van der Waals surface area contributed by atoms with Crippen LogP contribution >= 0.6 is 0 Å². The fourth-order valence-corrected chi connectivity index (χ4v) is 5.59. The number of hydrogen-bond donors (Lipinski definition) is 14. The summed E-state index contributed by atoms with van der Waals surface area (Å²) < 4.78 is 0. The first kappa shape index (κ1) is 57.1. The van der Waals surface area contributed by atoms with Crippen LogP contribution in [0.4, 0.5) is 0 Å². The maximum atomic E-state index is 13.3. The molecular weight excluding hydrogens is 834 g/mol. The average molecular weight is 902 g/mol. The molecule has 0 spiro atoms. The molecule has 0 aromatic heterocycles. The van der Waals surface area contributed by atoms with Crippen molar-refractivity contribution in [2.45, 2.75) is 142 Å². The third-order valence-corrected chi connectivity index (χ3v) is 9.19. The number of nitrogens with one attached hydrogen (secondary N) is 8. The predicted octanol–water partition coefficient (Wildman–Crippen LogP) is -5.81. The average Bonchev–Trinajstić information content (AvgIpc) is 3.17. The number of nitrogens with two attached hydrogens (primary N) is 3. The van der Waals surface area contributed by atoms with E-state index in [9.17, 15) is 63.0 Å². The van der Waals surface area contributed by atoms with Crippen molar-refractivity contribution in [3.05, 3.63) is 0 Å². The van der Waals surface area contributed by atoms with Crippen molar-refractivity contribution in [3.63, 3.8) is 0 Å². The Bertz CT molecular complexity index is 1640. The summed E-state index contributed by atoms with van der Waals surface area (Å²) in [5.74, 6) is -11.8. The largest absolute Gasteiger partial charge is 0.481 e. The van der Waals surface area contributed by atoms with Gasteiger partial charge in [-0.2, -0.15) is 0 Å². The van der Waals surface area contributed by atoms with Crippen LogP contribution in [-0.2, 0) is 52.7 Å². The Labute approximate surface area is 365 Å². The summed E-state index contributed by atoms with van der Waals surface area (Å²) in [5.41, 5.74) is 16.2. The molecule has 25 nitrogen and oxygen atoms in total. The normalized spacial score (nSPS) is 15.5. The van der Waals surface area contributed by atoms with Gasteiger partial charge in [0.1, 0.15) is 42.3 Å². The van der Waals surface area contributed by atoms with Gasteiger partial charge in [0.25, 0.3) is 0 Å². The number of carboxylic acid groups (broad SMARTS) is 1. The number of carbonyl (C=O) groups excluding carboxylic acids is 10. The van der Waals surface area contributed by atoms with Crippen molar-refractivity contribution in [3.8, 4) is 0 Å². The highest BCUT2D eigenvalue weighted by atomic mass is 16.4. The summed E-state index contributed by atoms with van der Waals surface area (Å²) in [6.07, 6.45) is -3.00. The predicted molar refractivity (Wildman–Crippen MR) is 223 cm³/mol. The third-order valence-electron chi connectivity index (χ3n) is 9.19. The number of aliphatic hydroxyl groups is 2. The second-order valence-corrected chi connectivity index (χ2v) is 16.1. The second kappa shape index (κ2) is 27.9. The number of aliphatic hydroxyl groups excluding tert-OH is 2. The molecule has 0 aliphatic rings. The summed E-state index contributed by atoms with van der Waals surface area (Å²) in [6.45, 7) is 10.5. The van der Waals surface area contributed by atoms with Gasteiger partial charge in [0.15, 0.2) is 0 Å². The van der Waals surface area contributed by atoms with Gasteiger partial charge in [0, 0.05) is 12.8 Å². The Hall–Kier alpha value is -5.95. The van der Waals surface area contributed by atoms with E-state index in [1.54, 1.807) is 13.8 Å². The zero-order valence-electron chi connectivity index (χ0n) is 36.9. The van der Waals surface area contributed by atoms with Crippen molar-refractivity contribution in [2.24, 2.45) is 35.0 Å². The number of amides is 10. The third kappa shape index (κ3) is 21.6. The van der Waals surface area contributed by atoms with Gasteiger partial charge in [-0.15, -0.1) is 0 Å². The first-order chi connectivity index (χ1) is 29.1. The summed E-state index contributed by atoms with van der Waals surface area (Å²) in [5, 5.41) is 48.2. The molecule has 0 unspecified atom stereocenters. The smallest absolute Gasteiger partial charge is 0.303 e. The standard InChI is InChI=1S/C38H67N11O14/c1-16(2)13-23(31(41)56)45-33(58)21(9-11-25(40)52)44-35(60)24(15-50)46-37(62)29(18(5)6)47-26(53)14-42-36(61)28(17(3)4)48-38(63)30(20(8)51)49-34(59)22(10-12-27(54)55)43-32(57)19(7)39/h16-24,28-30,50-51H,9-15,39H2,1-8H3,(H2,40,52)(H2,41,56)(H,42,61)(H,43,57)(H,44,60)(H,45,58)(H,46,62)(H,47,53)(H,48,63)(H,49,59)(H,54,55)/t19-,20-,21+,22+,23+,24+,28+,29+,30+/m1/s1. The van der Waals surface area contributed by atoms with Crippen LogP contribution in [0.1, 0.15) is 87.5 Å². The Morgan fingerprint density at radius 3 is 1.40 bits per heavy atom. The van der Waals surface area contributed by atoms with Crippen molar-refractivity contribution in [2.75, 3.05) is 13.2 Å². The lowest BCUT2D eigenvalue weighted by atomic mass is 10.0. The molecule has 358 valence electrons. The molecule has 0 radical (unpaired) electrons. The number of carboxylic acids is 1. The molecule has 0 heterocycles. The van der Waals surface area contributed by atoms with Crippen LogP contribution in [0.25, 0.3) is 0 Å². The monoisotopic (exact) mass is 901 g/mol. The fraction of sp³-hybridized carbons (Fsp3) is 0.711. The van der Waals surface area contributed by atoms with Crippen molar-refractivity contribution < 1.29 is 68.1 Å². The van der Waals surface area contributed by atoms with E-state index in [0.29, 0.717) is 0 Å². The van der Waals surface area contributed by atoms with Gasteiger partial charge in [-0.05, 0) is 50.9 Å². The van der Waals surface area contributed by atoms with Crippen LogP contribution in [0.2, 0.25) is 0 Å². The van der Waals surface area contributed by atoms with Gasteiger partial charge in [0.05, 0.1) is 25.3 Å². The van der Waals surface area contributed by atoms with E-state index >= 15 is 0 Å². The lowest BCUT2D eigenvalue weighted by Crippen LogP contribution is -2.61. The first-order valence-corrected chi connectivity index (χ1v) is 20.4. The zero-order chi connectivity index (χ0) is 48.9. The Balaban J connectivity index is 5.84. The molecule has 0 aromatic rings. The molecule has 0 rings (SSSR count). The van der Waals surface area contributed by atoms with Gasteiger partial charge in [0.2, 0.25) is 59.1 Å². The summed E-state index contributed by atoms with van der Waals surface area (Å²) >= 11 is 0. The minimum absolute atomic E-state index is 0.0622. The first-order valence-electron chi connectivity index (χ1n) is 20.4. The quantitative estimate of drug-likeness (QED) is 0.0333. The lowest BCUT2D eigenvalue weighted by molar-refractivity contribution is -0.139. The Kier molecular flexibility index (Phi) is 25.2. The number of aliphatic carboxylic acids is 1. The molecule has 63 heavy (non-hydrogen) atoms. The molecule has 0 aliphatic carbocycles. The molecule has 0 bridgehead atoms. The molecule has 9 atom stereocenters.